The van der Waals surface area contributed by atoms with Crippen LogP contribution >= 0.6 is 11.3 Å². The third-order valence-electron chi connectivity index (χ3n) is 3.36. The molecule has 0 aliphatic carbocycles. The molecule has 0 spiro atoms. The highest BCUT2D eigenvalue weighted by Crippen LogP contribution is 2.22. The van der Waals surface area contributed by atoms with Gasteiger partial charge in [0, 0.05) is 29.7 Å². The second-order valence-electron chi connectivity index (χ2n) is 4.96. The first kappa shape index (κ1) is 18.5. The summed E-state index contributed by atoms with van der Waals surface area (Å²) in [6.07, 6.45) is 1.61. The van der Waals surface area contributed by atoms with Gasteiger partial charge in [0.15, 0.2) is 5.13 Å². The van der Waals surface area contributed by atoms with Crippen molar-refractivity contribution in [3.05, 3.63) is 40.7 Å². The molecule has 2 aromatic rings. The van der Waals surface area contributed by atoms with Crippen LogP contribution in [-0.2, 0) is 10.0 Å². The largest absolute Gasteiger partial charge is 0.298 e. The van der Waals surface area contributed by atoms with Crippen molar-refractivity contribution < 1.29 is 17.6 Å². The Bertz CT molecular complexity index is 845. The van der Waals surface area contributed by atoms with Crippen LogP contribution in [0.4, 0.5) is 9.52 Å². The Morgan fingerprint density at radius 3 is 2.54 bits per heavy atom. The minimum Gasteiger partial charge on any atom is -0.298 e. The average Bonchev–Trinajstić information content (AvgIpc) is 2.93. The number of benzene rings is 1. The summed E-state index contributed by atoms with van der Waals surface area (Å²) in [6.45, 7) is 5.61. The Kier molecular flexibility index (Phi) is 5.68. The van der Waals surface area contributed by atoms with Crippen molar-refractivity contribution in [3.8, 4) is 0 Å². The highest BCUT2D eigenvalue weighted by Gasteiger charge is 2.26. The van der Waals surface area contributed by atoms with Crippen LogP contribution in [0, 0.1) is 12.7 Å². The number of nitrogens with zero attached hydrogens (tertiary/aromatic N) is 2. The van der Waals surface area contributed by atoms with Gasteiger partial charge in [-0.05, 0) is 25.1 Å². The van der Waals surface area contributed by atoms with E-state index in [0.717, 1.165) is 21.3 Å². The van der Waals surface area contributed by atoms with Gasteiger partial charge < -0.3 is 0 Å². The van der Waals surface area contributed by atoms with Crippen molar-refractivity contribution in [2.45, 2.75) is 25.7 Å². The number of carbonyl (C=O) groups is 1. The third kappa shape index (κ3) is 3.80. The van der Waals surface area contributed by atoms with Crippen molar-refractivity contribution in [2.75, 3.05) is 18.4 Å². The molecule has 0 fully saturated rings. The van der Waals surface area contributed by atoms with E-state index in [-0.39, 0.29) is 18.7 Å². The van der Waals surface area contributed by atoms with E-state index in [9.17, 15) is 17.6 Å². The molecule has 0 aliphatic rings. The highest BCUT2D eigenvalue weighted by atomic mass is 32.2. The van der Waals surface area contributed by atoms with Gasteiger partial charge in [0.1, 0.15) is 10.7 Å². The minimum absolute atomic E-state index is 0.0509. The Morgan fingerprint density at radius 1 is 1.33 bits per heavy atom. The lowest BCUT2D eigenvalue weighted by molar-refractivity contribution is 0.102. The molecule has 1 aromatic heterocycles. The number of sulfonamides is 1. The number of thiazole rings is 1. The zero-order valence-corrected chi connectivity index (χ0v) is 15.2. The Hall–Kier alpha value is -1.84. The van der Waals surface area contributed by atoms with Crippen LogP contribution in [0.1, 0.15) is 29.1 Å². The van der Waals surface area contributed by atoms with Gasteiger partial charge in [-0.15, -0.1) is 11.3 Å². The monoisotopic (exact) mass is 371 g/mol. The van der Waals surface area contributed by atoms with Crippen molar-refractivity contribution >= 4 is 32.4 Å². The maximum absolute atomic E-state index is 14.0. The molecule has 0 bridgehead atoms. The van der Waals surface area contributed by atoms with Crippen LogP contribution in [-0.4, -0.2) is 36.7 Å². The predicted molar refractivity (Wildman–Crippen MR) is 91.3 cm³/mol. The molecule has 0 aliphatic heterocycles. The molecule has 0 radical (unpaired) electrons. The molecule has 1 aromatic carbocycles. The molecule has 1 heterocycles. The van der Waals surface area contributed by atoms with Crippen molar-refractivity contribution in [3.63, 3.8) is 0 Å². The summed E-state index contributed by atoms with van der Waals surface area (Å²) in [4.78, 5) is 16.7. The number of anilines is 1. The van der Waals surface area contributed by atoms with Crippen LogP contribution < -0.4 is 5.32 Å². The number of halogens is 1. The number of aryl methyl sites for hydroxylation is 1. The Balaban J connectivity index is 2.36. The van der Waals surface area contributed by atoms with Crippen LogP contribution in [0.3, 0.4) is 0 Å². The molecule has 0 saturated heterocycles. The smallest absolute Gasteiger partial charge is 0.257 e. The summed E-state index contributed by atoms with van der Waals surface area (Å²) in [7, 11) is -3.99. The fourth-order valence-corrected chi connectivity index (χ4v) is 4.33. The lowest BCUT2D eigenvalue weighted by atomic mass is 10.2. The summed E-state index contributed by atoms with van der Waals surface area (Å²) in [5.41, 5.74) is 0.0509. The van der Waals surface area contributed by atoms with E-state index in [1.54, 1.807) is 20.0 Å². The van der Waals surface area contributed by atoms with Crippen LogP contribution in [0.5, 0.6) is 0 Å². The number of nitrogens with one attached hydrogen (secondary N) is 1. The third-order valence-corrected chi connectivity index (χ3v) is 6.25. The molecule has 2 rings (SSSR count). The zero-order chi connectivity index (χ0) is 17.9. The van der Waals surface area contributed by atoms with Crippen LogP contribution in [0.2, 0.25) is 0 Å². The van der Waals surface area contributed by atoms with Crippen molar-refractivity contribution in [1.29, 1.82) is 0 Å². The maximum atomic E-state index is 14.0. The summed E-state index contributed by atoms with van der Waals surface area (Å²) in [5, 5.41) is 2.97. The molecule has 9 heteroatoms. The van der Waals surface area contributed by atoms with Gasteiger partial charge in [0.05, 0.1) is 0 Å². The first-order valence-electron chi connectivity index (χ1n) is 7.33. The van der Waals surface area contributed by atoms with Gasteiger partial charge >= 0.3 is 0 Å². The molecule has 130 valence electrons. The standard InChI is InChI=1S/C15H18FN3O3S2/c1-4-19(5-2)24(21,22)13-8-11(6-7-12(13)16)14(20)18-15-17-9-10(3)23-15/h6-9H,4-5H2,1-3H3,(H,17,18,20). The molecular formula is C15H18FN3O3S2. The highest BCUT2D eigenvalue weighted by molar-refractivity contribution is 7.89. The Labute approximate surface area is 144 Å². The van der Waals surface area contributed by atoms with Gasteiger partial charge in [-0.1, -0.05) is 13.8 Å². The summed E-state index contributed by atoms with van der Waals surface area (Å²) < 4.78 is 40.2. The molecule has 1 amide bonds. The van der Waals surface area contributed by atoms with Crippen molar-refractivity contribution in [2.24, 2.45) is 0 Å². The molecule has 1 N–H and O–H groups in total. The number of carbonyl (C=O) groups excluding carboxylic acids is 1. The summed E-state index contributed by atoms with van der Waals surface area (Å²) >= 11 is 1.29. The average molecular weight is 371 g/mol. The normalized spacial score (nSPS) is 11.7. The van der Waals surface area contributed by atoms with E-state index in [1.165, 1.54) is 17.4 Å². The van der Waals surface area contributed by atoms with E-state index in [0.29, 0.717) is 5.13 Å². The second-order valence-corrected chi connectivity index (χ2v) is 8.11. The first-order chi connectivity index (χ1) is 11.3. The van der Waals surface area contributed by atoms with Gasteiger partial charge in [0.2, 0.25) is 10.0 Å². The topological polar surface area (TPSA) is 79.4 Å². The quantitative estimate of drug-likeness (QED) is 0.847. The molecule has 24 heavy (non-hydrogen) atoms. The second kappa shape index (κ2) is 7.37. The zero-order valence-electron chi connectivity index (χ0n) is 13.5. The van der Waals surface area contributed by atoms with Gasteiger partial charge in [-0.3, -0.25) is 10.1 Å². The summed E-state index contributed by atoms with van der Waals surface area (Å²) in [5.74, 6) is -1.43. The number of hydrogen-bond donors (Lipinski definition) is 1. The minimum atomic E-state index is -3.99. The molecule has 0 saturated carbocycles. The van der Waals surface area contributed by atoms with E-state index < -0.39 is 26.6 Å². The molecule has 0 unspecified atom stereocenters. The predicted octanol–water partition coefficient (Wildman–Crippen LogP) is 2.87. The fourth-order valence-electron chi connectivity index (χ4n) is 2.13. The van der Waals surface area contributed by atoms with E-state index in [1.807, 2.05) is 6.92 Å². The lowest BCUT2D eigenvalue weighted by Gasteiger charge is -2.19. The van der Waals surface area contributed by atoms with E-state index >= 15 is 0 Å². The van der Waals surface area contributed by atoms with Crippen LogP contribution in [0.15, 0.2) is 29.3 Å². The number of rotatable bonds is 6. The SMILES string of the molecule is CCN(CC)S(=O)(=O)c1cc(C(=O)Nc2ncc(C)s2)ccc1F. The number of hydrogen-bond acceptors (Lipinski definition) is 5. The molecule has 6 nitrogen and oxygen atoms in total. The van der Waals surface area contributed by atoms with Gasteiger partial charge in [0.25, 0.3) is 5.91 Å². The van der Waals surface area contributed by atoms with Crippen LogP contribution in [0.25, 0.3) is 0 Å². The number of amides is 1. The lowest BCUT2D eigenvalue weighted by Crippen LogP contribution is -2.31. The summed E-state index contributed by atoms with van der Waals surface area (Å²) in [6, 6.07) is 3.28. The van der Waals surface area contributed by atoms with E-state index in [4.69, 9.17) is 0 Å². The maximum Gasteiger partial charge on any atom is 0.257 e. The number of aromatic nitrogens is 1. The van der Waals surface area contributed by atoms with Gasteiger partial charge in [-0.2, -0.15) is 4.31 Å². The Morgan fingerprint density at radius 2 is 2.00 bits per heavy atom. The van der Waals surface area contributed by atoms with Gasteiger partial charge in [-0.25, -0.2) is 17.8 Å². The first-order valence-corrected chi connectivity index (χ1v) is 9.58. The molecule has 0 atom stereocenters. The van der Waals surface area contributed by atoms with Crippen molar-refractivity contribution in [1.82, 2.24) is 9.29 Å². The van der Waals surface area contributed by atoms with E-state index in [2.05, 4.69) is 10.3 Å². The fraction of sp³-hybridized carbons (Fsp3) is 0.333. The molecular weight excluding hydrogens is 353 g/mol.